The number of likely N-dealkylation sites (tertiary alicyclic amines) is 1. The number of aliphatic imine (C=N–C) groups is 1. The van der Waals surface area contributed by atoms with Crippen molar-refractivity contribution >= 4 is 29.9 Å². The second-order valence-electron chi connectivity index (χ2n) is 6.23. The van der Waals surface area contributed by atoms with Crippen LogP contribution in [0, 0.1) is 5.92 Å². The minimum atomic E-state index is 0. The Morgan fingerprint density at radius 3 is 2.83 bits per heavy atom. The molecule has 5 nitrogen and oxygen atoms in total. The number of ether oxygens (including phenoxy) is 2. The first-order chi connectivity index (χ1) is 11.1. The van der Waals surface area contributed by atoms with Crippen LogP contribution in [0.25, 0.3) is 0 Å². The van der Waals surface area contributed by atoms with Crippen LogP contribution in [-0.4, -0.2) is 50.8 Å². The van der Waals surface area contributed by atoms with Crippen LogP contribution in [0.5, 0.6) is 11.5 Å². The number of methoxy groups -OCH3 is 1. The lowest BCUT2D eigenvalue weighted by molar-refractivity contribution is 0.217. The van der Waals surface area contributed by atoms with E-state index in [9.17, 15) is 0 Å². The highest BCUT2D eigenvalue weighted by atomic mass is 127. The van der Waals surface area contributed by atoms with Crippen molar-refractivity contribution in [1.29, 1.82) is 0 Å². The molecule has 6 heteroatoms. The van der Waals surface area contributed by atoms with Crippen LogP contribution in [0.2, 0.25) is 0 Å². The lowest BCUT2D eigenvalue weighted by atomic mass is 10.0. The molecule has 1 heterocycles. The molecule has 2 atom stereocenters. The molecule has 24 heavy (non-hydrogen) atoms. The van der Waals surface area contributed by atoms with E-state index in [2.05, 4.69) is 29.1 Å². The summed E-state index contributed by atoms with van der Waals surface area (Å²) in [7, 11) is 3.50. The van der Waals surface area contributed by atoms with Crippen molar-refractivity contribution in [3.05, 3.63) is 24.3 Å². The number of rotatable bonds is 5. The van der Waals surface area contributed by atoms with Gasteiger partial charge < -0.3 is 19.7 Å². The molecule has 2 rings (SSSR count). The Morgan fingerprint density at radius 1 is 1.42 bits per heavy atom. The lowest BCUT2D eigenvalue weighted by Crippen LogP contribution is -2.48. The third kappa shape index (κ3) is 6.37. The van der Waals surface area contributed by atoms with Gasteiger partial charge in [0.1, 0.15) is 17.6 Å². The van der Waals surface area contributed by atoms with E-state index in [1.54, 1.807) is 7.11 Å². The fourth-order valence-corrected chi connectivity index (χ4v) is 2.90. The number of piperidine rings is 1. The van der Waals surface area contributed by atoms with E-state index in [1.807, 2.05) is 31.3 Å². The molecule has 0 spiro atoms. The normalized spacial score (nSPS) is 19.2. The van der Waals surface area contributed by atoms with Crippen LogP contribution in [0.4, 0.5) is 0 Å². The van der Waals surface area contributed by atoms with E-state index >= 15 is 0 Å². The number of benzene rings is 1. The zero-order chi connectivity index (χ0) is 16.7. The molecule has 0 radical (unpaired) electrons. The summed E-state index contributed by atoms with van der Waals surface area (Å²) >= 11 is 0. The van der Waals surface area contributed by atoms with Crippen LogP contribution in [0.15, 0.2) is 29.3 Å². The van der Waals surface area contributed by atoms with Crippen LogP contribution in [0.1, 0.15) is 26.7 Å². The first-order valence-corrected chi connectivity index (χ1v) is 8.38. The molecule has 0 aromatic heterocycles. The largest absolute Gasteiger partial charge is 0.497 e. The van der Waals surface area contributed by atoms with Gasteiger partial charge in [0.05, 0.1) is 13.7 Å². The molecule has 1 N–H and O–H groups in total. The van der Waals surface area contributed by atoms with E-state index in [0.717, 1.165) is 43.0 Å². The molecule has 0 aliphatic carbocycles. The second kappa shape index (κ2) is 10.6. The quantitative estimate of drug-likeness (QED) is 0.427. The number of nitrogens with one attached hydrogen (secondary N) is 1. The summed E-state index contributed by atoms with van der Waals surface area (Å²) < 4.78 is 11.2. The van der Waals surface area contributed by atoms with Gasteiger partial charge in [-0.1, -0.05) is 13.0 Å². The Labute approximate surface area is 162 Å². The fourth-order valence-electron chi connectivity index (χ4n) is 2.90. The van der Waals surface area contributed by atoms with Gasteiger partial charge in [0.15, 0.2) is 5.96 Å². The van der Waals surface area contributed by atoms with Gasteiger partial charge >= 0.3 is 0 Å². The average molecular weight is 447 g/mol. The Balaban J connectivity index is 0.00000288. The van der Waals surface area contributed by atoms with E-state index in [4.69, 9.17) is 9.47 Å². The molecule has 1 aromatic carbocycles. The molecule has 1 fully saturated rings. The molecule has 1 aromatic rings. The van der Waals surface area contributed by atoms with Gasteiger partial charge in [0.2, 0.25) is 0 Å². The molecule has 0 bridgehead atoms. The molecular formula is C18H30IN3O2. The van der Waals surface area contributed by atoms with Gasteiger partial charge in [0, 0.05) is 26.2 Å². The van der Waals surface area contributed by atoms with Crippen LogP contribution >= 0.6 is 24.0 Å². The molecular weight excluding hydrogens is 417 g/mol. The average Bonchev–Trinajstić information content (AvgIpc) is 2.55. The van der Waals surface area contributed by atoms with Gasteiger partial charge in [-0.15, -0.1) is 24.0 Å². The highest BCUT2D eigenvalue weighted by Gasteiger charge is 2.19. The molecule has 136 valence electrons. The summed E-state index contributed by atoms with van der Waals surface area (Å²) in [5.41, 5.74) is 0. The minimum absolute atomic E-state index is 0. The summed E-state index contributed by atoms with van der Waals surface area (Å²) in [5.74, 6) is 3.33. The first kappa shape index (κ1) is 20.9. The van der Waals surface area contributed by atoms with Gasteiger partial charge in [-0.25, -0.2) is 0 Å². The molecule has 1 saturated heterocycles. The van der Waals surface area contributed by atoms with Crippen molar-refractivity contribution in [2.75, 3.05) is 33.8 Å². The highest BCUT2D eigenvalue weighted by molar-refractivity contribution is 14.0. The number of guanidine groups is 1. The maximum atomic E-state index is 5.94. The first-order valence-electron chi connectivity index (χ1n) is 8.38. The van der Waals surface area contributed by atoms with Gasteiger partial charge in [0.25, 0.3) is 0 Å². The number of halogens is 1. The zero-order valence-corrected chi connectivity index (χ0v) is 17.4. The van der Waals surface area contributed by atoms with Crippen molar-refractivity contribution in [2.45, 2.75) is 32.8 Å². The predicted octanol–water partition coefficient (Wildman–Crippen LogP) is 3.39. The Kier molecular flexibility index (Phi) is 9.25. The summed E-state index contributed by atoms with van der Waals surface area (Å²) in [6, 6.07) is 7.69. The van der Waals surface area contributed by atoms with Crippen molar-refractivity contribution in [3.8, 4) is 11.5 Å². The molecule has 2 unspecified atom stereocenters. The maximum absolute atomic E-state index is 5.94. The minimum Gasteiger partial charge on any atom is -0.497 e. The summed E-state index contributed by atoms with van der Waals surface area (Å²) in [4.78, 5) is 6.75. The van der Waals surface area contributed by atoms with Crippen LogP contribution in [-0.2, 0) is 0 Å². The number of hydrogen-bond donors (Lipinski definition) is 1. The number of hydrogen-bond acceptors (Lipinski definition) is 3. The maximum Gasteiger partial charge on any atom is 0.193 e. The van der Waals surface area contributed by atoms with Gasteiger partial charge in [-0.2, -0.15) is 0 Å². The van der Waals surface area contributed by atoms with Crippen LogP contribution in [0.3, 0.4) is 0 Å². The lowest BCUT2D eigenvalue weighted by Gasteiger charge is -2.34. The van der Waals surface area contributed by atoms with Crippen molar-refractivity contribution in [1.82, 2.24) is 10.2 Å². The zero-order valence-electron chi connectivity index (χ0n) is 15.1. The third-order valence-electron chi connectivity index (χ3n) is 4.09. The number of nitrogens with zero attached hydrogens (tertiary/aromatic N) is 2. The van der Waals surface area contributed by atoms with E-state index in [-0.39, 0.29) is 30.1 Å². The Bertz CT molecular complexity index is 525. The fraction of sp³-hybridized carbons (Fsp3) is 0.611. The van der Waals surface area contributed by atoms with E-state index < -0.39 is 0 Å². The van der Waals surface area contributed by atoms with Gasteiger partial charge in [-0.05, 0) is 37.8 Å². The van der Waals surface area contributed by atoms with Crippen molar-refractivity contribution in [3.63, 3.8) is 0 Å². The second-order valence-corrected chi connectivity index (χ2v) is 6.23. The van der Waals surface area contributed by atoms with Crippen LogP contribution < -0.4 is 14.8 Å². The summed E-state index contributed by atoms with van der Waals surface area (Å²) in [5, 5.41) is 3.43. The third-order valence-corrected chi connectivity index (χ3v) is 4.09. The Morgan fingerprint density at radius 2 is 2.17 bits per heavy atom. The molecule has 0 saturated carbocycles. The molecule has 0 amide bonds. The van der Waals surface area contributed by atoms with Crippen molar-refractivity contribution in [2.24, 2.45) is 10.9 Å². The van der Waals surface area contributed by atoms with Crippen molar-refractivity contribution < 1.29 is 9.47 Å². The molecule has 1 aliphatic rings. The van der Waals surface area contributed by atoms with E-state index in [0.29, 0.717) is 0 Å². The Hall–Kier alpha value is -1.18. The van der Waals surface area contributed by atoms with Gasteiger partial charge in [-0.3, -0.25) is 4.99 Å². The van der Waals surface area contributed by atoms with E-state index in [1.165, 1.54) is 12.8 Å². The summed E-state index contributed by atoms with van der Waals surface area (Å²) in [6.45, 7) is 7.22. The highest BCUT2D eigenvalue weighted by Crippen LogP contribution is 2.20. The predicted molar refractivity (Wildman–Crippen MR) is 110 cm³/mol. The topological polar surface area (TPSA) is 46.1 Å². The summed E-state index contributed by atoms with van der Waals surface area (Å²) in [6.07, 6.45) is 2.58. The molecule has 1 aliphatic heterocycles. The smallest absolute Gasteiger partial charge is 0.193 e. The monoisotopic (exact) mass is 447 g/mol. The SMILES string of the molecule is CN=C(NCC(C)Oc1cccc(OC)c1)N1CCCC(C)C1.I. The standard InChI is InChI=1S/C18H29N3O2.HI/c1-14-7-6-10-21(13-14)18(19-3)20-12-15(2)23-17-9-5-8-16(11-17)22-4;/h5,8-9,11,14-15H,6-7,10,12-13H2,1-4H3,(H,19,20);1H.